The van der Waals surface area contributed by atoms with Crippen molar-refractivity contribution in [3.63, 3.8) is 0 Å². The number of rotatable bonds is 6. The maximum atomic E-state index is 11.6. The molecule has 0 aliphatic heterocycles. The number of aromatic nitrogens is 1. The second kappa shape index (κ2) is 8.50. The number of hydrazone groups is 1. The van der Waals surface area contributed by atoms with E-state index >= 15 is 0 Å². The summed E-state index contributed by atoms with van der Waals surface area (Å²) in [4.78, 5) is 16.1. The fourth-order valence-corrected chi connectivity index (χ4v) is 3.65. The van der Waals surface area contributed by atoms with Gasteiger partial charge in [-0.1, -0.05) is 72.8 Å². The quantitative estimate of drug-likeness (QED) is 0.326. The van der Waals surface area contributed by atoms with Gasteiger partial charge in [-0.15, -0.1) is 11.3 Å². The van der Waals surface area contributed by atoms with Gasteiger partial charge in [-0.3, -0.25) is 5.43 Å². The number of carbonyl (C=O) groups is 1. The number of anilines is 1. The van der Waals surface area contributed by atoms with Crippen LogP contribution in [0.1, 0.15) is 15.9 Å². The Hall–Kier alpha value is -3.77. The Bertz CT molecular complexity index is 1170. The van der Waals surface area contributed by atoms with Gasteiger partial charge < -0.3 is 5.11 Å². The van der Waals surface area contributed by atoms with Crippen LogP contribution >= 0.6 is 11.3 Å². The number of thiazole rings is 1. The Kier molecular flexibility index (Phi) is 5.45. The van der Waals surface area contributed by atoms with E-state index in [0.29, 0.717) is 10.7 Å². The lowest BCUT2D eigenvalue weighted by Gasteiger charge is -2.09. The summed E-state index contributed by atoms with van der Waals surface area (Å²) >= 11 is 1.47. The molecule has 1 aromatic heterocycles. The molecule has 6 heteroatoms. The third-order valence-electron chi connectivity index (χ3n) is 4.35. The van der Waals surface area contributed by atoms with Crippen LogP contribution < -0.4 is 5.43 Å². The van der Waals surface area contributed by atoms with Crippen molar-refractivity contribution < 1.29 is 9.90 Å². The standard InChI is InChI=1S/C23H17N3O2S/c27-22(28)20-13-7-6-12-19(20)18-11-5-4-10-17(18)14-24-26-23-25-21(15-29-23)16-8-2-1-3-9-16/h1-15H,(H,25,26)(H,27,28). The van der Waals surface area contributed by atoms with Crippen LogP contribution in [-0.4, -0.2) is 22.3 Å². The van der Waals surface area contributed by atoms with Gasteiger partial charge in [-0.25, -0.2) is 9.78 Å². The highest BCUT2D eigenvalue weighted by atomic mass is 32.1. The maximum Gasteiger partial charge on any atom is 0.336 e. The van der Waals surface area contributed by atoms with E-state index in [4.69, 9.17) is 0 Å². The highest BCUT2D eigenvalue weighted by Gasteiger charge is 2.12. The monoisotopic (exact) mass is 399 g/mol. The van der Waals surface area contributed by atoms with E-state index < -0.39 is 5.97 Å². The Morgan fingerprint density at radius 1 is 0.931 bits per heavy atom. The predicted octanol–water partition coefficient (Wildman–Crippen LogP) is 5.62. The second-order valence-corrected chi connectivity index (χ2v) is 7.07. The van der Waals surface area contributed by atoms with E-state index in [1.807, 2.05) is 66.0 Å². The van der Waals surface area contributed by atoms with Gasteiger partial charge in [0, 0.05) is 16.5 Å². The number of carboxylic acids is 1. The molecule has 142 valence electrons. The molecule has 5 nitrogen and oxygen atoms in total. The molecule has 3 aromatic carbocycles. The third-order valence-corrected chi connectivity index (χ3v) is 5.09. The van der Waals surface area contributed by atoms with Gasteiger partial charge in [0.25, 0.3) is 0 Å². The molecule has 0 saturated carbocycles. The first kappa shape index (κ1) is 18.6. The summed E-state index contributed by atoms with van der Waals surface area (Å²) in [7, 11) is 0. The Morgan fingerprint density at radius 3 is 2.41 bits per heavy atom. The fourth-order valence-electron chi connectivity index (χ4n) is 2.98. The predicted molar refractivity (Wildman–Crippen MR) is 118 cm³/mol. The van der Waals surface area contributed by atoms with Crippen molar-refractivity contribution in [3.8, 4) is 22.4 Å². The molecule has 0 bridgehead atoms. The lowest BCUT2D eigenvalue weighted by atomic mass is 9.96. The zero-order valence-corrected chi connectivity index (χ0v) is 16.1. The van der Waals surface area contributed by atoms with Crippen LogP contribution in [0.2, 0.25) is 0 Å². The summed E-state index contributed by atoms with van der Waals surface area (Å²) in [6.07, 6.45) is 1.68. The molecule has 0 aliphatic rings. The summed E-state index contributed by atoms with van der Waals surface area (Å²) in [5, 5.41) is 16.5. The Morgan fingerprint density at radius 2 is 1.62 bits per heavy atom. The van der Waals surface area contributed by atoms with E-state index in [9.17, 15) is 9.90 Å². The summed E-state index contributed by atoms with van der Waals surface area (Å²) in [5.41, 5.74) is 7.44. The van der Waals surface area contributed by atoms with Gasteiger partial charge in [-0.05, 0) is 17.2 Å². The van der Waals surface area contributed by atoms with E-state index in [-0.39, 0.29) is 5.56 Å². The molecule has 0 amide bonds. The molecule has 1 heterocycles. The summed E-state index contributed by atoms with van der Waals surface area (Å²) < 4.78 is 0. The average Bonchev–Trinajstić information content (AvgIpc) is 3.24. The summed E-state index contributed by atoms with van der Waals surface area (Å²) in [6.45, 7) is 0. The van der Waals surface area contributed by atoms with E-state index in [2.05, 4.69) is 15.5 Å². The van der Waals surface area contributed by atoms with Gasteiger partial charge in [0.05, 0.1) is 17.5 Å². The molecule has 2 N–H and O–H groups in total. The molecule has 0 radical (unpaired) electrons. The van der Waals surface area contributed by atoms with Gasteiger partial charge in [0.1, 0.15) is 0 Å². The van der Waals surface area contributed by atoms with E-state index in [0.717, 1.165) is 22.4 Å². The zero-order valence-electron chi connectivity index (χ0n) is 15.3. The minimum atomic E-state index is -0.957. The first-order chi connectivity index (χ1) is 14.2. The summed E-state index contributed by atoms with van der Waals surface area (Å²) in [6, 6.07) is 24.5. The highest BCUT2D eigenvalue weighted by Crippen LogP contribution is 2.27. The number of benzene rings is 3. The zero-order chi connectivity index (χ0) is 20.1. The van der Waals surface area contributed by atoms with Crippen LogP contribution in [-0.2, 0) is 0 Å². The lowest BCUT2D eigenvalue weighted by molar-refractivity contribution is 0.0697. The smallest absolute Gasteiger partial charge is 0.336 e. The van der Waals surface area contributed by atoms with Crippen LogP contribution in [0.15, 0.2) is 89.3 Å². The number of hydrogen-bond acceptors (Lipinski definition) is 5. The van der Waals surface area contributed by atoms with Crippen molar-refractivity contribution in [2.24, 2.45) is 5.10 Å². The van der Waals surface area contributed by atoms with Crippen LogP contribution in [0.5, 0.6) is 0 Å². The fraction of sp³-hybridized carbons (Fsp3) is 0. The molecule has 0 atom stereocenters. The van der Waals surface area contributed by atoms with Crippen LogP contribution in [0.4, 0.5) is 5.13 Å². The van der Waals surface area contributed by atoms with Gasteiger partial charge in [0.15, 0.2) is 0 Å². The molecule has 0 spiro atoms. The largest absolute Gasteiger partial charge is 0.478 e. The van der Waals surface area contributed by atoms with E-state index in [1.165, 1.54) is 11.3 Å². The topological polar surface area (TPSA) is 74.6 Å². The van der Waals surface area contributed by atoms with Crippen molar-refractivity contribution >= 4 is 28.7 Å². The SMILES string of the molecule is O=C(O)c1ccccc1-c1ccccc1C=NNc1nc(-c2ccccc2)cs1. The van der Waals surface area contributed by atoms with Crippen molar-refractivity contribution in [1.82, 2.24) is 4.98 Å². The number of hydrogen-bond donors (Lipinski definition) is 2. The van der Waals surface area contributed by atoms with Crippen molar-refractivity contribution in [2.45, 2.75) is 0 Å². The number of aromatic carboxylic acids is 1. The Labute approximate surface area is 172 Å². The molecular weight excluding hydrogens is 382 g/mol. The van der Waals surface area contributed by atoms with Gasteiger partial charge in [0.2, 0.25) is 5.13 Å². The molecular formula is C23H17N3O2S. The number of carboxylic acid groups (broad SMARTS) is 1. The molecule has 29 heavy (non-hydrogen) atoms. The molecule has 4 aromatic rings. The number of nitrogens with zero attached hydrogens (tertiary/aromatic N) is 2. The highest BCUT2D eigenvalue weighted by molar-refractivity contribution is 7.14. The Balaban J connectivity index is 1.57. The lowest BCUT2D eigenvalue weighted by Crippen LogP contribution is -2.01. The summed E-state index contributed by atoms with van der Waals surface area (Å²) in [5.74, 6) is -0.957. The van der Waals surface area contributed by atoms with Gasteiger partial charge in [-0.2, -0.15) is 5.10 Å². The average molecular weight is 399 g/mol. The van der Waals surface area contributed by atoms with Gasteiger partial charge >= 0.3 is 5.97 Å². The van der Waals surface area contributed by atoms with Crippen molar-refractivity contribution in [2.75, 3.05) is 5.43 Å². The normalized spacial score (nSPS) is 10.9. The van der Waals surface area contributed by atoms with Crippen LogP contribution in [0.25, 0.3) is 22.4 Å². The van der Waals surface area contributed by atoms with Crippen LogP contribution in [0, 0.1) is 0 Å². The molecule has 0 saturated heterocycles. The second-order valence-electron chi connectivity index (χ2n) is 6.21. The minimum absolute atomic E-state index is 0.258. The first-order valence-electron chi connectivity index (χ1n) is 8.94. The minimum Gasteiger partial charge on any atom is -0.478 e. The molecule has 0 unspecified atom stereocenters. The molecule has 0 aliphatic carbocycles. The maximum absolute atomic E-state index is 11.6. The molecule has 0 fully saturated rings. The number of nitrogens with one attached hydrogen (secondary N) is 1. The van der Waals surface area contributed by atoms with E-state index in [1.54, 1.807) is 24.4 Å². The van der Waals surface area contributed by atoms with Crippen molar-refractivity contribution in [1.29, 1.82) is 0 Å². The van der Waals surface area contributed by atoms with Crippen molar-refractivity contribution in [3.05, 3.63) is 95.4 Å². The third kappa shape index (κ3) is 4.23. The van der Waals surface area contributed by atoms with Crippen LogP contribution in [0.3, 0.4) is 0 Å². The first-order valence-corrected chi connectivity index (χ1v) is 9.82. The molecule has 4 rings (SSSR count).